The Morgan fingerprint density at radius 3 is 1.59 bits per heavy atom. The van der Waals surface area contributed by atoms with Crippen LogP contribution < -0.4 is 11.5 Å². The predicted molar refractivity (Wildman–Crippen MR) is 122 cm³/mol. The van der Waals surface area contributed by atoms with Crippen LogP contribution in [-0.4, -0.2) is 24.5 Å². The van der Waals surface area contributed by atoms with Gasteiger partial charge in [-0.3, -0.25) is 4.79 Å². The molecule has 5 heteroatoms. The van der Waals surface area contributed by atoms with Crippen LogP contribution in [0.5, 0.6) is 0 Å². The molecule has 0 aliphatic heterocycles. The van der Waals surface area contributed by atoms with Crippen LogP contribution in [0.4, 0.5) is 0 Å². The van der Waals surface area contributed by atoms with Gasteiger partial charge in [0.15, 0.2) is 0 Å². The van der Waals surface area contributed by atoms with Crippen molar-refractivity contribution in [3.05, 3.63) is 0 Å². The average Bonchev–Trinajstić information content (AvgIpc) is 2.70. The van der Waals surface area contributed by atoms with Crippen molar-refractivity contribution in [2.24, 2.45) is 11.5 Å². The molecule has 0 aromatic rings. The fourth-order valence-electron chi connectivity index (χ4n) is 3.51. The molecule has 0 fully saturated rings. The SMILES string of the molecule is CCCCCCCCCCCCCCCCCC(=O)OC(=O)C(N)CCCCN. The van der Waals surface area contributed by atoms with Gasteiger partial charge in [0.2, 0.25) is 0 Å². The third kappa shape index (κ3) is 20.1. The van der Waals surface area contributed by atoms with Gasteiger partial charge < -0.3 is 16.2 Å². The minimum atomic E-state index is -0.716. The topological polar surface area (TPSA) is 95.4 Å². The Balaban J connectivity index is 3.35. The summed E-state index contributed by atoms with van der Waals surface area (Å²) in [5.41, 5.74) is 11.1. The molecule has 0 aromatic carbocycles. The molecule has 0 amide bonds. The minimum absolute atomic E-state index is 0.305. The molecular weight excluding hydrogens is 364 g/mol. The molecule has 0 spiro atoms. The van der Waals surface area contributed by atoms with Crippen molar-refractivity contribution >= 4 is 11.9 Å². The summed E-state index contributed by atoms with van der Waals surface area (Å²) >= 11 is 0. The van der Waals surface area contributed by atoms with Crippen LogP contribution in [0.25, 0.3) is 0 Å². The van der Waals surface area contributed by atoms with Crippen LogP contribution in [0.15, 0.2) is 0 Å². The average molecular weight is 413 g/mol. The largest absolute Gasteiger partial charge is 0.392 e. The summed E-state index contributed by atoms with van der Waals surface area (Å²) in [5, 5.41) is 0. The number of carbonyl (C=O) groups excluding carboxylic acids is 2. The molecule has 0 rings (SSSR count). The molecule has 172 valence electrons. The zero-order valence-corrected chi connectivity index (χ0v) is 19.1. The first-order valence-electron chi connectivity index (χ1n) is 12.3. The van der Waals surface area contributed by atoms with Gasteiger partial charge in [-0.05, 0) is 25.8 Å². The predicted octanol–water partition coefficient (Wildman–Crippen LogP) is 5.77. The second-order valence-corrected chi connectivity index (χ2v) is 8.38. The second kappa shape index (κ2) is 21.8. The molecule has 0 heterocycles. The number of hydrogen-bond donors (Lipinski definition) is 2. The van der Waals surface area contributed by atoms with Crippen LogP contribution in [0.2, 0.25) is 0 Å². The van der Waals surface area contributed by atoms with Crippen molar-refractivity contribution in [1.29, 1.82) is 0 Å². The first-order valence-corrected chi connectivity index (χ1v) is 12.3. The number of esters is 2. The normalized spacial score (nSPS) is 12.1. The molecule has 4 N–H and O–H groups in total. The lowest BCUT2D eigenvalue weighted by Crippen LogP contribution is -2.33. The Kier molecular flexibility index (Phi) is 21.1. The summed E-state index contributed by atoms with van der Waals surface area (Å²) in [4.78, 5) is 23.4. The highest BCUT2D eigenvalue weighted by Crippen LogP contribution is 2.14. The maximum atomic E-state index is 11.7. The number of ether oxygens (including phenoxy) is 1. The van der Waals surface area contributed by atoms with E-state index in [0.29, 0.717) is 19.4 Å². The smallest absolute Gasteiger partial charge is 0.330 e. The summed E-state index contributed by atoms with van der Waals surface area (Å²) in [6.45, 7) is 2.85. The van der Waals surface area contributed by atoms with Gasteiger partial charge >= 0.3 is 11.9 Å². The molecule has 29 heavy (non-hydrogen) atoms. The van der Waals surface area contributed by atoms with Gasteiger partial charge in [-0.25, -0.2) is 4.79 Å². The Bertz CT molecular complexity index is 388. The van der Waals surface area contributed by atoms with Gasteiger partial charge in [-0.2, -0.15) is 0 Å². The van der Waals surface area contributed by atoms with E-state index in [1.807, 2.05) is 0 Å². The molecule has 0 aliphatic rings. The van der Waals surface area contributed by atoms with E-state index < -0.39 is 18.0 Å². The number of nitrogens with two attached hydrogens (primary N) is 2. The molecular formula is C24H48N2O3. The van der Waals surface area contributed by atoms with E-state index in [1.165, 1.54) is 77.0 Å². The van der Waals surface area contributed by atoms with Crippen LogP contribution in [0.1, 0.15) is 129 Å². The van der Waals surface area contributed by atoms with Crippen molar-refractivity contribution in [3.8, 4) is 0 Å². The first kappa shape index (κ1) is 28.1. The first-order chi connectivity index (χ1) is 14.1. The van der Waals surface area contributed by atoms with Gasteiger partial charge in [0.1, 0.15) is 6.04 Å². The van der Waals surface area contributed by atoms with Gasteiger partial charge in [-0.15, -0.1) is 0 Å². The summed E-state index contributed by atoms with van der Waals surface area (Å²) in [7, 11) is 0. The van der Waals surface area contributed by atoms with Crippen LogP contribution in [-0.2, 0) is 14.3 Å². The highest BCUT2D eigenvalue weighted by atomic mass is 16.6. The Hall–Kier alpha value is -0.940. The Labute approximate surface area is 179 Å². The van der Waals surface area contributed by atoms with Crippen molar-refractivity contribution in [2.75, 3.05) is 6.54 Å². The lowest BCUT2D eigenvalue weighted by atomic mass is 10.0. The molecule has 0 saturated carbocycles. The van der Waals surface area contributed by atoms with E-state index in [1.54, 1.807) is 0 Å². The standard InChI is InChI=1S/C24H48N2O3/c1-2-3-4-5-6-7-8-9-10-11-12-13-14-15-16-20-23(27)29-24(28)22(26)19-17-18-21-25/h22H,2-21,25-26H2,1H3. The fourth-order valence-corrected chi connectivity index (χ4v) is 3.51. The number of hydrogen-bond acceptors (Lipinski definition) is 5. The van der Waals surface area contributed by atoms with E-state index in [4.69, 9.17) is 16.2 Å². The number of carbonyl (C=O) groups is 2. The number of unbranched alkanes of at least 4 members (excludes halogenated alkanes) is 15. The molecule has 5 nitrogen and oxygen atoms in total. The highest BCUT2D eigenvalue weighted by Gasteiger charge is 2.18. The maximum Gasteiger partial charge on any atom is 0.330 e. The van der Waals surface area contributed by atoms with Gasteiger partial charge in [0, 0.05) is 6.42 Å². The van der Waals surface area contributed by atoms with Crippen molar-refractivity contribution in [1.82, 2.24) is 0 Å². The molecule has 0 radical (unpaired) electrons. The molecule has 0 aliphatic carbocycles. The molecule has 1 unspecified atom stereocenters. The maximum absolute atomic E-state index is 11.7. The van der Waals surface area contributed by atoms with Crippen molar-refractivity contribution in [2.45, 2.75) is 135 Å². The zero-order chi connectivity index (χ0) is 21.6. The summed E-state index contributed by atoms with van der Waals surface area (Å²) < 4.78 is 4.83. The minimum Gasteiger partial charge on any atom is -0.392 e. The lowest BCUT2D eigenvalue weighted by molar-refractivity contribution is -0.160. The van der Waals surface area contributed by atoms with Crippen LogP contribution >= 0.6 is 0 Å². The quantitative estimate of drug-likeness (QED) is 0.142. The molecule has 0 saturated heterocycles. The lowest BCUT2D eigenvalue weighted by Gasteiger charge is -2.09. The van der Waals surface area contributed by atoms with Crippen molar-refractivity contribution < 1.29 is 14.3 Å². The van der Waals surface area contributed by atoms with Crippen LogP contribution in [0, 0.1) is 0 Å². The van der Waals surface area contributed by atoms with E-state index in [2.05, 4.69) is 6.92 Å². The van der Waals surface area contributed by atoms with E-state index in [0.717, 1.165) is 32.1 Å². The molecule has 1 atom stereocenters. The highest BCUT2D eigenvalue weighted by molar-refractivity contribution is 5.88. The molecule has 0 aromatic heterocycles. The second-order valence-electron chi connectivity index (χ2n) is 8.38. The third-order valence-corrected chi connectivity index (χ3v) is 5.47. The fraction of sp³-hybridized carbons (Fsp3) is 0.917. The Morgan fingerprint density at radius 2 is 1.14 bits per heavy atom. The van der Waals surface area contributed by atoms with E-state index in [-0.39, 0.29) is 0 Å². The molecule has 0 bridgehead atoms. The van der Waals surface area contributed by atoms with Crippen molar-refractivity contribution in [3.63, 3.8) is 0 Å². The Morgan fingerprint density at radius 1 is 0.690 bits per heavy atom. The van der Waals surface area contributed by atoms with E-state index >= 15 is 0 Å². The third-order valence-electron chi connectivity index (χ3n) is 5.47. The van der Waals surface area contributed by atoms with Gasteiger partial charge in [0.05, 0.1) is 0 Å². The summed E-state index contributed by atoms with van der Waals surface area (Å²) in [6, 6.07) is -0.716. The van der Waals surface area contributed by atoms with Gasteiger partial charge in [-0.1, -0.05) is 103 Å². The summed E-state index contributed by atoms with van der Waals surface area (Å²) in [6.07, 6.45) is 21.7. The number of rotatable bonds is 21. The van der Waals surface area contributed by atoms with Crippen LogP contribution in [0.3, 0.4) is 0 Å². The van der Waals surface area contributed by atoms with E-state index in [9.17, 15) is 9.59 Å². The zero-order valence-electron chi connectivity index (χ0n) is 19.1. The summed E-state index contributed by atoms with van der Waals surface area (Å²) in [5.74, 6) is -1.05. The van der Waals surface area contributed by atoms with Gasteiger partial charge in [0.25, 0.3) is 0 Å². The monoisotopic (exact) mass is 412 g/mol.